The van der Waals surface area contributed by atoms with Gasteiger partial charge < -0.3 is 5.32 Å². The van der Waals surface area contributed by atoms with Crippen molar-refractivity contribution in [2.45, 2.75) is 25.7 Å². The Labute approximate surface area is 131 Å². The Hall–Kier alpha value is -1.69. The van der Waals surface area contributed by atoms with E-state index < -0.39 is 0 Å². The summed E-state index contributed by atoms with van der Waals surface area (Å²) in [6.07, 6.45) is 1.75. The van der Waals surface area contributed by atoms with Crippen LogP contribution in [0.2, 0.25) is 0 Å². The molecule has 5 nitrogen and oxygen atoms in total. The van der Waals surface area contributed by atoms with Crippen LogP contribution in [0, 0.1) is 0 Å². The normalized spacial score (nSPS) is 15.2. The van der Waals surface area contributed by atoms with Gasteiger partial charge in [0.05, 0.1) is 6.42 Å². The zero-order valence-corrected chi connectivity index (χ0v) is 13.2. The highest BCUT2D eigenvalue weighted by atomic mass is 79.9. The van der Waals surface area contributed by atoms with E-state index in [1.54, 1.807) is 0 Å². The van der Waals surface area contributed by atoms with E-state index in [4.69, 9.17) is 0 Å². The highest BCUT2D eigenvalue weighted by Crippen LogP contribution is 2.12. The summed E-state index contributed by atoms with van der Waals surface area (Å²) in [6, 6.07) is 7.52. The fourth-order valence-corrected chi connectivity index (χ4v) is 2.47. The molecule has 0 unspecified atom stereocenters. The van der Waals surface area contributed by atoms with Crippen molar-refractivity contribution in [3.05, 3.63) is 34.3 Å². The molecular weight excluding hydrogens is 336 g/mol. The average Bonchev–Trinajstić information content (AvgIpc) is 2.45. The molecule has 0 atom stereocenters. The number of nitrogens with zero attached hydrogens (tertiary/aromatic N) is 1. The minimum atomic E-state index is -0.145. The maximum atomic E-state index is 11.8. The van der Waals surface area contributed by atoms with Gasteiger partial charge in [0.1, 0.15) is 0 Å². The number of rotatable bonds is 5. The quantitative estimate of drug-likeness (QED) is 0.819. The highest BCUT2D eigenvalue weighted by molar-refractivity contribution is 9.10. The van der Waals surface area contributed by atoms with Gasteiger partial charge in [-0.05, 0) is 24.1 Å². The van der Waals surface area contributed by atoms with Gasteiger partial charge in [0.15, 0.2) is 0 Å². The lowest BCUT2D eigenvalue weighted by molar-refractivity contribution is -0.148. The van der Waals surface area contributed by atoms with Crippen molar-refractivity contribution >= 4 is 33.7 Å². The zero-order chi connectivity index (χ0) is 15.2. The van der Waals surface area contributed by atoms with Crippen molar-refractivity contribution in [3.63, 3.8) is 0 Å². The SMILES string of the molecule is O=C(Cc1ccc(Br)cc1)NCCN1C(=O)CCCC1=O. The van der Waals surface area contributed by atoms with Crippen molar-refractivity contribution < 1.29 is 14.4 Å². The van der Waals surface area contributed by atoms with Crippen LogP contribution in [0.25, 0.3) is 0 Å². The van der Waals surface area contributed by atoms with Crippen LogP contribution in [0.1, 0.15) is 24.8 Å². The molecule has 1 fully saturated rings. The smallest absolute Gasteiger partial charge is 0.229 e. The first kappa shape index (κ1) is 15.7. The van der Waals surface area contributed by atoms with Crippen molar-refractivity contribution in [3.8, 4) is 0 Å². The van der Waals surface area contributed by atoms with Crippen LogP contribution in [0.15, 0.2) is 28.7 Å². The van der Waals surface area contributed by atoms with Gasteiger partial charge in [-0.15, -0.1) is 0 Å². The van der Waals surface area contributed by atoms with Crippen molar-refractivity contribution in [2.75, 3.05) is 13.1 Å². The van der Waals surface area contributed by atoms with Gasteiger partial charge in [0, 0.05) is 30.4 Å². The van der Waals surface area contributed by atoms with E-state index in [1.165, 1.54) is 4.90 Å². The number of likely N-dealkylation sites (tertiary alicyclic amines) is 1. The molecule has 3 amide bonds. The Morgan fingerprint density at radius 3 is 2.38 bits per heavy atom. The number of carbonyl (C=O) groups excluding carboxylic acids is 3. The second-order valence-electron chi connectivity index (χ2n) is 4.95. The average molecular weight is 353 g/mol. The van der Waals surface area contributed by atoms with Gasteiger partial charge in [-0.25, -0.2) is 0 Å². The molecule has 1 N–H and O–H groups in total. The van der Waals surface area contributed by atoms with Crippen molar-refractivity contribution in [1.82, 2.24) is 10.2 Å². The van der Waals surface area contributed by atoms with Crippen molar-refractivity contribution in [1.29, 1.82) is 0 Å². The summed E-state index contributed by atoms with van der Waals surface area (Å²) in [6.45, 7) is 0.552. The molecule has 1 aromatic rings. The molecule has 1 aliphatic rings. The van der Waals surface area contributed by atoms with Gasteiger partial charge in [-0.3, -0.25) is 19.3 Å². The highest BCUT2D eigenvalue weighted by Gasteiger charge is 2.25. The molecule has 1 aliphatic heterocycles. The number of carbonyl (C=O) groups is 3. The predicted octanol–water partition coefficient (Wildman–Crippen LogP) is 1.65. The van der Waals surface area contributed by atoms with Crippen LogP contribution in [0.3, 0.4) is 0 Å². The predicted molar refractivity (Wildman–Crippen MR) is 81.4 cm³/mol. The third kappa shape index (κ3) is 4.67. The molecule has 6 heteroatoms. The van der Waals surface area contributed by atoms with E-state index in [0.717, 1.165) is 10.0 Å². The Morgan fingerprint density at radius 2 is 1.76 bits per heavy atom. The molecule has 2 rings (SSSR count). The number of hydrogen-bond acceptors (Lipinski definition) is 3. The molecule has 1 aromatic carbocycles. The van der Waals surface area contributed by atoms with Crippen LogP contribution >= 0.6 is 15.9 Å². The second kappa shape index (κ2) is 7.36. The summed E-state index contributed by atoms with van der Waals surface area (Å²) in [7, 11) is 0. The molecule has 1 heterocycles. The number of hydrogen-bond donors (Lipinski definition) is 1. The van der Waals surface area contributed by atoms with E-state index in [1.807, 2.05) is 24.3 Å². The summed E-state index contributed by atoms with van der Waals surface area (Å²) in [5, 5.41) is 2.74. The first-order valence-corrected chi connectivity index (χ1v) is 7.70. The molecule has 0 spiro atoms. The van der Waals surface area contributed by atoms with Gasteiger partial charge in [0.25, 0.3) is 0 Å². The fourth-order valence-electron chi connectivity index (χ4n) is 2.21. The fraction of sp³-hybridized carbons (Fsp3) is 0.400. The van der Waals surface area contributed by atoms with Crippen LogP contribution < -0.4 is 5.32 Å². The Balaban J connectivity index is 1.75. The molecule has 0 aliphatic carbocycles. The summed E-state index contributed by atoms with van der Waals surface area (Å²) in [4.78, 5) is 36.2. The Morgan fingerprint density at radius 1 is 1.14 bits per heavy atom. The van der Waals surface area contributed by atoms with Gasteiger partial charge in [0.2, 0.25) is 17.7 Å². The van der Waals surface area contributed by atoms with Gasteiger partial charge >= 0.3 is 0 Å². The molecule has 0 radical (unpaired) electrons. The summed E-state index contributed by atoms with van der Waals surface area (Å²) < 4.78 is 0.966. The molecule has 1 saturated heterocycles. The lowest BCUT2D eigenvalue weighted by Crippen LogP contribution is -2.44. The third-order valence-electron chi connectivity index (χ3n) is 3.32. The van der Waals surface area contributed by atoms with Gasteiger partial charge in [-0.2, -0.15) is 0 Å². The Bertz CT molecular complexity index is 526. The van der Waals surface area contributed by atoms with Crippen LogP contribution in [0.4, 0.5) is 0 Å². The topological polar surface area (TPSA) is 66.5 Å². The molecular formula is C15H17BrN2O3. The number of benzene rings is 1. The van der Waals surface area contributed by atoms with Crippen LogP contribution in [-0.4, -0.2) is 35.7 Å². The second-order valence-corrected chi connectivity index (χ2v) is 5.86. The first-order chi connectivity index (χ1) is 10.1. The summed E-state index contributed by atoms with van der Waals surface area (Å²) in [5.41, 5.74) is 0.917. The minimum Gasteiger partial charge on any atom is -0.354 e. The first-order valence-electron chi connectivity index (χ1n) is 6.90. The van der Waals surface area contributed by atoms with E-state index in [9.17, 15) is 14.4 Å². The summed E-state index contributed by atoms with van der Waals surface area (Å²) >= 11 is 3.34. The number of halogens is 1. The maximum Gasteiger partial charge on any atom is 0.229 e. The Kier molecular flexibility index (Phi) is 5.50. The van der Waals surface area contributed by atoms with Crippen molar-refractivity contribution in [2.24, 2.45) is 0 Å². The molecule has 0 saturated carbocycles. The number of amides is 3. The zero-order valence-electron chi connectivity index (χ0n) is 11.6. The van der Waals surface area contributed by atoms with E-state index in [0.29, 0.717) is 25.8 Å². The maximum absolute atomic E-state index is 11.8. The van der Waals surface area contributed by atoms with E-state index in [-0.39, 0.29) is 30.7 Å². The lowest BCUT2D eigenvalue weighted by Gasteiger charge is -2.24. The third-order valence-corrected chi connectivity index (χ3v) is 3.85. The molecule has 21 heavy (non-hydrogen) atoms. The molecule has 112 valence electrons. The number of nitrogens with one attached hydrogen (secondary N) is 1. The lowest BCUT2D eigenvalue weighted by atomic mass is 10.1. The van der Waals surface area contributed by atoms with E-state index >= 15 is 0 Å². The number of piperidine rings is 1. The van der Waals surface area contributed by atoms with Gasteiger partial charge in [-0.1, -0.05) is 28.1 Å². The summed E-state index contributed by atoms with van der Waals surface area (Å²) in [5.74, 6) is -0.406. The van der Waals surface area contributed by atoms with Crippen LogP contribution in [0.5, 0.6) is 0 Å². The van der Waals surface area contributed by atoms with E-state index in [2.05, 4.69) is 21.2 Å². The molecule has 0 aromatic heterocycles. The minimum absolute atomic E-state index is 0.116. The monoisotopic (exact) mass is 352 g/mol. The standard InChI is InChI=1S/C15H17BrN2O3/c16-12-6-4-11(5-7-12)10-13(19)17-8-9-18-14(20)2-1-3-15(18)21/h4-7H,1-3,8-10H2,(H,17,19). The number of imide groups is 1. The van der Waals surface area contributed by atoms with Crippen LogP contribution in [-0.2, 0) is 20.8 Å². The molecule has 0 bridgehead atoms. The largest absolute Gasteiger partial charge is 0.354 e.